The molecule has 1 atom stereocenters. The Morgan fingerprint density at radius 3 is 2.52 bits per heavy atom. The summed E-state index contributed by atoms with van der Waals surface area (Å²) in [7, 11) is 0. The van der Waals surface area contributed by atoms with Crippen molar-refractivity contribution in [1.82, 2.24) is 14.8 Å². The molecule has 2 aromatic heterocycles. The SMILES string of the molecule is O=C(CC(c1cccs1)N1Cc2ccccc2C1=O)N1CCN(c2ccccn2)CC1. The summed E-state index contributed by atoms with van der Waals surface area (Å²) in [6.07, 6.45) is 2.10. The Morgan fingerprint density at radius 1 is 1.00 bits per heavy atom. The van der Waals surface area contributed by atoms with Crippen LogP contribution in [0.1, 0.15) is 33.3 Å². The first kappa shape index (κ1) is 19.8. The van der Waals surface area contributed by atoms with Crippen molar-refractivity contribution in [3.63, 3.8) is 0 Å². The van der Waals surface area contributed by atoms with Gasteiger partial charge in [-0.3, -0.25) is 9.59 Å². The molecule has 2 aliphatic heterocycles. The predicted octanol–water partition coefficient (Wildman–Crippen LogP) is 3.58. The van der Waals surface area contributed by atoms with Gasteiger partial charge in [-0.15, -0.1) is 11.3 Å². The summed E-state index contributed by atoms with van der Waals surface area (Å²) in [6.45, 7) is 3.42. The van der Waals surface area contributed by atoms with Crippen molar-refractivity contribution < 1.29 is 9.59 Å². The number of anilines is 1. The summed E-state index contributed by atoms with van der Waals surface area (Å²) < 4.78 is 0. The molecule has 0 radical (unpaired) electrons. The molecule has 0 bridgehead atoms. The van der Waals surface area contributed by atoms with Crippen molar-refractivity contribution in [1.29, 1.82) is 0 Å². The molecule has 6 nitrogen and oxygen atoms in total. The highest BCUT2D eigenvalue weighted by atomic mass is 32.1. The molecule has 31 heavy (non-hydrogen) atoms. The van der Waals surface area contributed by atoms with Gasteiger partial charge >= 0.3 is 0 Å². The minimum atomic E-state index is -0.235. The van der Waals surface area contributed by atoms with Crippen LogP contribution < -0.4 is 4.90 Å². The number of hydrogen-bond donors (Lipinski definition) is 0. The minimum Gasteiger partial charge on any atom is -0.353 e. The highest BCUT2D eigenvalue weighted by molar-refractivity contribution is 7.10. The number of nitrogens with zero attached hydrogens (tertiary/aromatic N) is 4. The molecule has 5 rings (SSSR count). The standard InChI is InChI=1S/C24H24N4O2S/c29-23(27-13-11-26(12-14-27)22-9-3-4-10-25-22)16-20(21-8-5-15-31-21)28-17-18-6-1-2-7-19(18)24(28)30/h1-10,15,20H,11-14,16-17H2. The van der Waals surface area contributed by atoms with Gasteiger partial charge in [0.05, 0.1) is 12.5 Å². The number of carbonyl (C=O) groups is 2. The molecule has 158 valence electrons. The van der Waals surface area contributed by atoms with Crippen molar-refractivity contribution in [2.24, 2.45) is 0 Å². The second-order valence-electron chi connectivity index (χ2n) is 7.88. The van der Waals surface area contributed by atoms with Crippen LogP contribution in [0.15, 0.2) is 66.2 Å². The van der Waals surface area contributed by atoms with Crippen LogP contribution in [0.25, 0.3) is 0 Å². The first-order valence-electron chi connectivity index (χ1n) is 10.6. The number of pyridine rings is 1. The molecule has 3 aromatic rings. The van der Waals surface area contributed by atoms with Gasteiger partial charge in [0.2, 0.25) is 5.91 Å². The second-order valence-corrected chi connectivity index (χ2v) is 8.86. The van der Waals surface area contributed by atoms with E-state index in [0.29, 0.717) is 26.1 Å². The Morgan fingerprint density at radius 2 is 1.81 bits per heavy atom. The lowest BCUT2D eigenvalue weighted by Crippen LogP contribution is -2.49. The van der Waals surface area contributed by atoms with E-state index in [9.17, 15) is 9.59 Å². The van der Waals surface area contributed by atoms with E-state index < -0.39 is 0 Å². The third-order valence-electron chi connectivity index (χ3n) is 6.07. The normalized spacial score (nSPS) is 17.0. The van der Waals surface area contributed by atoms with Gasteiger partial charge in [-0.05, 0) is 35.2 Å². The van der Waals surface area contributed by atoms with Gasteiger partial charge in [0.25, 0.3) is 5.91 Å². The Kier molecular flexibility index (Phi) is 5.42. The molecule has 0 saturated carbocycles. The molecule has 1 aromatic carbocycles. The summed E-state index contributed by atoms with van der Waals surface area (Å²) in [5.41, 5.74) is 1.78. The molecule has 4 heterocycles. The van der Waals surface area contributed by atoms with Crippen molar-refractivity contribution in [2.75, 3.05) is 31.1 Å². The zero-order chi connectivity index (χ0) is 21.2. The van der Waals surface area contributed by atoms with Crippen LogP contribution >= 0.6 is 11.3 Å². The number of piperazine rings is 1. The molecule has 0 N–H and O–H groups in total. The maximum Gasteiger partial charge on any atom is 0.255 e. The van der Waals surface area contributed by atoms with Crippen LogP contribution in [-0.2, 0) is 11.3 Å². The third kappa shape index (κ3) is 3.93. The van der Waals surface area contributed by atoms with E-state index in [-0.39, 0.29) is 17.9 Å². The lowest BCUT2D eigenvalue weighted by atomic mass is 10.1. The van der Waals surface area contributed by atoms with Crippen LogP contribution in [0, 0.1) is 0 Å². The smallest absolute Gasteiger partial charge is 0.255 e. The summed E-state index contributed by atoms with van der Waals surface area (Å²) in [5.74, 6) is 1.07. The highest BCUT2D eigenvalue weighted by Crippen LogP contribution is 2.35. The Balaban J connectivity index is 1.29. The number of benzene rings is 1. The average Bonchev–Trinajstić information content (AvgIpc) is 3.47. The number of thiophene rings is 1. The molecule has 2 aliphatic rings. The number of rotatable bonds is 5. The van der Waals surface area contributed by atoms with E-state index in [1.54, 1.807) is 17.5 Å². The van der Waals surface area contributed by atoms with Gasteiger partial charge in [-0.25, -0.2) is 4.98 Å². The minimum absolute atomic E-state index is 0.0155. The lowest BCUT2D eigenvalue weighted by Gasteiger charge is -2.36. The lowest BCUT2D eigenvalue weighted by molar-refractivity contribution is -0.132. The molecule has 1 saturated heterocycles. The first-order valence-corrected chi connectivity index (χ1v) is 11.4. The number of fused-ring (bicyclic) bond motifs is 1. The molecule has 1 fully saturated rings. The first-order chi connectivity index (χ1) is 15.2. The van der Waals surface area contributed by atoms with E-state index in [1.165, 1.54) is 0 Å². The Hall–Kier alpha value is -3.19. The fraction of sp³-hybridized carbons (Fsp3) is 0.292. The van der Waals surface area contributed by atoms with Crippen LogP contribution in [0.2, 0.25) is 0 Å². The highest BCUT2D eigenvalue weighted by Gasteiger charge is 2.36. The number of amides is 2. The number of hydrogen-bond acceptors (Lipinski definition) is 5. The number of carbonyl (C=O) groups excluding carboxylic acids is 2. The van der Waals surface area contributed by atoms with Gasteiger partial charge in [0.15, 0.2) is 0 Å². The molecule has 2 amide bonds. The maximum absolute atomic E-state index is 13.2. The van der Waals surface area contributed by atoms with Crippen LogP contribution in [0.5, 0.6) is 0 Å². The van der Waals surface area contributed by atoms with Crippen molar-refractivity contribution >= 4 is 29.0 Å². The fourth-order valence-corrected chi connectivity index (χ4v) is 5.23. The summed E-state index contributed by atoms with van der Waals surface area (Å²) >= 11 is 1.60. The molecule has 0 aliphatic carbocycles. The van der Waals surface area contributed by atoms with Gasteiger partial charge in [-0.1, -0.05) is 30.3 Å². The quantitative estimate of drug-likeness (QED) is 0.618. The summed E-state index contributed by atoms with van der Waals surface area (Å²) in [6, 6.07) is 17.4. The largest absolute Gasteiger partial charge is 0.353 e. The van der Waals surface area contributed by atoms with Crippen molar-refractivity contribution in [3.8, 4) is 0 Å². The predicted molar refractivity (Wildman–Crippen MR) is 121 cm³/mol. The molecule has 1 unspecified atom stereocenters. The second kappa shape index (κ2) is 8.51. The summed E-state index contributed by atoms with van der Waals surface area (Å²) in [5, 5.41) is 2.01. The Labute approximate surface area is 185 Å². The van der Waals surface area contributed by atoms with E-state index in [0.717, 1.165) is 34.9 Å². The maximum atomic E-state index is 13.2. The van der Waals surface area contributed by atoms with Gasteiger partial charge in [0, 0.05) is 49.4 Å². The van der Waals surface area contributed by atoms with Crippen molar-refractivity contribution in [3.05, 3.63) is 82.2 Å². The molecular formula is C24H24N4O2S. The summed E-state index contributed by atoms with van der Waals surface area (Å²) in [4.78, 5) is 37.8. The monoisotopic (exact) mass is 432 g/mol. The van der Waals surface area contributed by atoms with Gasteiger partial charge < -0.3 is 14.7 Å². The van der Waals surface area contributed by atoms with Crippen molar-refractivity contribution in [2.45, 2.75) is 19.0 Å². The fourth-order valence-electron chi connectivity index (χ4n) is 4.39. The Bertz CT molecular complexity index is 1060. The zero-order valence-corrected chi connectivity index (χ0v) is 18.0. The molecular weight excluding hydrogens is 408 g/mol. The number of aromatic nitrogens is 1. The molecule has 7 heteroatoms. The zero-order valence-electron chi connectivity index (χ0n) is 17.2. The average molecular weight is 433 g/mol. The van der Waals surface area contributed by atoms with Crippen LogP contribution in [0.3, 0.4) is 0 Å². The topological polar surface area (TPSA) is 56.8 Å². The van der Waals surface area contributed by atoms with Crippen LogP contribution in [0.4, 0.5) is 5.82 Å². The van der Waals surface area contributed by atoms with Gasteiger partial charge in [-0.2, -0.15) is 0 Å². The van der Waals surface area contributed by atoms with E-state index >= 15 is 0 Å². The van der Waals surface area contributed by atoms with E-state index in [2.05, 4.69) is 9.88 Å². The third-order valence-corrected chi connectivity index (χ3v) is 7.04. The van der Waals surface area contributed by atoms with E-state index in [1.807, 2.05) is 69.8 Å². The molecule has 0 spiro atoms. The van der Waals surface area contributed by atoms with E-state index in [4.69, 9.17) is 0 Å². The van der Waals surface area contributed by atoms with Crippen LogP contribution in [-0.4, -0.2) is 52.8 Å². The van der Waals surface area contributed by atoms with Gasteiger partial charge in [0.1, 0.15) is 5.82 Å².